The molecule has 278 valence electrons. The van der Waals surface area contributed by atoms with Crippen LogP contribution in [0.3, 0.4) is 0 Å². The van der Waals surface area contributed by atoms with E-state index in [0.717, 1.165) is 17.1 Å². The smallest absolute Gasteiger partial charge is 0.0725 e. The van der Waals surface area contributed by atoms with Gasteiger partial charge in [0.25, 0.3) is 0 Å². The average Bonchev–Trinajstić information content (AvgIpc) is 3.93. The predicted molar refractivity (Wildman–Crippen MR) is 250 cm³/mol. The number of hydrogen-bond acceptors (Lipinski definition) is 1. The Morgan fingerprint density at radius 1 is 0.267 bits per heavy atom. The van der Waals surface area contributed by atoms with Gasteiger partial charge in [0.15, 0.2) is 0 Å². The maximum atomic E-state index is 2.51. The fourth-order valence-corrected chi connectivity index (χ4v) is 11.1. The molecule has 0 aromatic heterocycles. The summed E-state index contributed by atoms with van der Waals surface area (Å²) in [4.78, 5) is 2.51. The van der Waals surface area contributed by atoms with Crippen molar-refractivity contribution in [1.82, 2.24) is 0 Å². The van der Waals surface area contributed by atoms with Crippen LogP contribution in [0.2, 0.25) is 0 Å². The van der Waals surface area contributed by atoms with Gasteiger partial charge in [-0.05, 0) is 113 Å². The predicted octanol–water partition coefficient (Wildman–Crippen LogP) is 15.6. The standard InChI is InChI=1S/C59H37N/c1-2-16-38(17-3-1)39-32-34-40(35-33-39)60(56-37-36-48-42-19-5-4-18-41(42)46-24-14-26-50(56)57(46)48)55-31-13-9-22-45(55)47-25-15-30-54-58(47)49-23-8-12-29-53(49)59(54)51-27-10-6-20-43(51)44-21-7-11-28-52(44)59/h1-37H. The lowest BCUT2D eigenvalue weighted by Gasteiger charge is -2.31. The average molecular weight is 760 g/mol. The molecule has 0 heterocycles. The van der Waals surface area contributed by atoms with E-state index in [4.69, 9.17) is 0 Å². The molecule has 1 spiro atoms. The van der Waals surface area contributed by atoms with Crippen LogP contribution >= 0.6 is 0 Å². The molecule has 0 saturated heterocycles. The molecule has 10 aromatic carbocycles. The van der Waals surface area contributed by atoms with Crippen LogP contribution in [0.4, 0.5) is 17.1 Å². The molecule has 1 heteroatoms. The summed E-state index contributed by atoms with van der Waals surface area (Å²) in [5, 5.41) is 2.56. The van der Waals surface area contributed by atoms with Crippen LogP contribution in [0.1, 0.15) is 22.3 Å². The second kappa shape index (κ2) is 12.6. The Kier molecular flexibility index (Phi) is 7.00. The summed E-state index contributed by atoms with van der Waals surface area (Å²) in [5.74, 6) is 0. The van der Waals surface area contributed by atoms with Gasteiger partial charge in [-0.25, -0.2) is 0 Å². The first-order chi connectivity index (χ1) is 29.8. The lowest BCUT2D eigenvalue weighted by atomic mass is 9.70. The van der Waals surface area contributed by atoms with Crippen molar-refractivity contribution >= 4 is 27.8 Å². The molecule has 0 fully saturated rings. The Hall–Kier alpha value is -7.74. The Labute approximate surface area is 350 Å². The van der Waals surface area contributed by atoms with Crippen LogP contribution in [-0.2, 0) is 5.41 Å². The molecular weight excluding hydrogens is 723 g/mol. The van der Waals surface area contributed by atoms with Crippen LogP contribution in [0.25, 0.3) is 77.5 Å². The maximum Gasteiger partial charge on any atom is 0.0725 e. The van der Waals surface area contributed by atoms with E-state index in [1.54, 1.807) is 0 Å². The summed E-state index contributed by atoms with van der Waals surface area (Å²) >= 11 is 0. The fourth-order valence-electron chi connectivity index (χ4n) is 11.1. The lowest BCUT2D eigenvalue weighted by Crippen LogP contribution is -2.25. The van der Waals surface area contributed by atoms with Crippen molar-refractivity contribution in [2.24, 2.45) is 0 Å². The Morgan fingerprint density at radius 2 is 0.750 bits per heavy atom. The SMILES string of the molecule is c1ccc(-c2ccc(N(c3ccccc3-c3cccc4c3-c3ccccc3C43c4ccccc4-c4ccccc43)c3ccc4c5c(cccc35)-c3ccccc3-4)cc2)cc1. The minimum Gasteiger partial charge on any atom is -0.309 e. The summed E-state index contributed by atoms with van der Waals surface area (Å²) in [5.41, 5.74) is 23.7. The normalized spacial score (nSPS) is 13.1. The number of rotatable bonds is 5. The summed E-state index contributed by atoms with van der Waals surface area (Å²) < 4.78 is 0. The zero-order chi connectivity index (χ0) is 39.4. The Balaban J connectivity index is 1.08. The van der Waals surface area contributed by atoms with Crippen LogP contribution < -0.4 is 4.90 Å². The molecule has 13 rings (SSSR count). The zero-order valence-corrected chi connectivity index (χ0v) is 32.8. The zero-order valence-electron chi connectivity index (χ0n) is 32.8. The van der Waals surface area contributed by atoms with E-state index in [1.165, 1.54) is 99.8 Å². The second-order valence-electron chi connectivity index (χ2n) is 16.3. The van der Waals surface area contributed by atoms with E-state index >= 15 is 0 Å². The third kappa shape index (κ3) is 4.41. The van der Waals surface area contributed by atoms with Gasteiger partial charge < -0.3 is 4.90 Å². The molecule has 60 heavy (non-hydrogen) atoms. The van der Waals surface area contributed by atoms with Gasteiger partial charge in [0, 0.05) is 16.6 Å². The minimum atomic E-state index is -0.413. The third-order valence-electron chi connectivity index (χ3n) is 13.5. The molecule has 3 aliphatic rings. The largest absolute Gasteiger partial charge is 0.309 e. The summed E-state index contributed by atoms with van der Waals surface area (Å²) in [6.07, 6.45) is 0. The topological polar surface area (TPSA) is 3.24 Å². The Bertz CT molecular complexity index is 3300. The van der Waals surface area contributed by atoms with Crippen LogP contribution in [0.15, 0.2) is 224 Å². The molecule has 0 amide bonds. The van der Waals surface area contributed by atoms with Crippen molar-refractivity contribution in [3.05, 3.63) is 247 Å². The quantitative estimate of drug-likeness (QED) is 0.169. The number of fused-ring (bicyclic) bond motifs is 13. The van der Waals surface area contributed by atoms with Gasteiger partial charge in [-0.15, -0.1) is 0 Å². The maximum absolute atomic E-state index is 2.51. The van der Waals surface area contributed by atoms with E-state index in [0.29, 0.717) is 0 Å². The highest BCUT2D eigenvalue weighted by molar-refractivity contribution is 6.19. The number of para-hydroxylation sites is 1. The van der Waals surface area contributed by atoms with Crippen molar-refractivity contribution in [3.63, 3.8) is 0 Å². The number of nitrogens with zero attached hydrogens (tertiary/aromatic N) is 1. The molecule has 1 nitrogen and oxygen atoms in total. The van der Waals surface area contributed by atoms with Crippen LogP contribution in [-0.4, -0.2) is 0 Å². The summed E-state index contributed by atoms with van der Waals surface area (Å²) in [6, 6.07) is 83.5. The van der Waals surface area contributed by atoms with Crippen LogP contribution in [0, 0.1) is 0 Å². The highest BCUT2D eigenvalue weighted by atomic mass is 15.1. The Morgan fingerprint density at radius 3 is 1.45 bits per heavy atom. The van der Waals surface area contributed by atoms with Gasteiger partial charge in [-0.1, -0.05) is 200 Å². The third-order valence-corrected chi connectivity index (χ3v) is 13.5. The number of hydrogen-bond donors (Lipinski definition) is 0. The molecule has 0 radical (unpaired) electrons. The van der Waals surface area contributed by atoms with Crippen molar-refractivity contribution < 1.29 is 0 Å². The summed E-state index contributed by atoms with van der Waals surface area (Å²) in [7, 11) is 0. The highest BCUT2D eigenvalue weighted by Crippen LogP contribution is 2.64. The molecule has 0 aliphatic heterocycles. The van der Waals surface area contributed by atoms with E-state index in [1.807, 2.05) is 0 Å². The van der Waals surface area contributed by atoms with Gasteiger partial charge >= 0.3 is 0 Å². The van der Waals surface area contributed by atoms with Crippen molar-refractivity contribution in [3.8, 4) is 66.8 Å². The van der Waals surface area contributed by atoms with E-state index < -0.39 is 5.41 Å². The van der Waals surface area contributed by atoms with Crippen molar-refractivity contribution in [2.75, 3.05) is 4.90 Å². The molecule has 0 bridgehead atoms. The monoisotopic (exact) mass is 759 g/mol. The molecular formula is C59H37N. The van der Waals surface area contributed by atoms with Gasteiger partial charge in [0.2, 0.25) is 0 Å². The molecule has 0 atom stereocenters. The van der Waals surface area contributed by atoms with E-state index in [9.17, 15) is 0 Å². The number of benzene rings is 10. The van der Waals surface area contributed by atoms with Gasteiger partial charge in [0.1, 0.15) is 0 Å². The fraction of sp³-hybridized carbons (Fsp3) is 0.0169. The second-order valence-corrected chi connectivity index (χ2v) is 16.3. The molecule has 0 N–H and O–H groups in total. The van der Waals surface area contributed by atoms with Crippen LogP contribution in [0.5, 0.6) is 0 Å². The van der Waals surface area contributed by atoms with E-state index in [-0.39, 0.29) is 0 Å². The highest BCUT2D eigenvalue weighted by Gasteiger charge is 2.52. The molecule has 10 aromatic rings. The van der Waals surface area contributed by atoms with Gasteiger partial charge in [0.05, 0.1) is 16.8 Å². The molecule has 0 saturated carbocycles. The molecule has 3 aliphatic carbocycles. The summed E-state index contributed by atoms with van der Waals surface area (Å²) in [6.45, 7) is 0. The first-order valence-electron chi connectivity index (χ1n) is 20.9. The van der Waals surface area contributed by atoms with Crippen molar-refractivity contribution in [1.29, 1.82) is 0 Å². The number of anilines is 3. The van der Waals surface area contributed by atoms with Gasteiger partial charge in [-0.3, -0.25) is 0 Å². The van der Waals surface area contributed by atoms with Crippen molar-refractivity contribution in [2.45, 2.75) is 5.41 Å². The minimum absolute atomic E-state index is 0.413. The lowest BCUT2D eigenvalue weighted by molar-refractivity contribution is 0.794. The first-order valence-corrected chi connectivity index (χ1v) is 20.9. The van der Waals surface area contributed by atoms with Gasteiger partial charge in [-0.2, -0.15) is 0 Å². The van der Waals surface area contributed by atoms with E-state index in [2.05, 4.69) is 229 Å². The molecule has 0 unspecified atom stereocenters. The first kappa shape index (κ1) is 33.3.